The number of rotatable bonds is 6. The molecule has 1 aliphatic heterocycles. The first-order valence-corrected chi connectivity index (χ1v) is 10.5. The van der Waals surface area contributed by atoms with Crippen LogP contribution < -0.4 is 10.1 Å². The van der Waals surface area contributed by atoms with E-state index in [2.05, 4.69) is 29.0 Å². The molecule has 1 aromatic rings. The van der Waals surface area contributed by atoms with Crippen LogP contribution in [0.1, 0.15) is 38.7 Å². The van der Waals surface area contributed by atoms with Crippen molar-refractivity contribution in [3.63, 3.8) is 0 Å². The maximum Gasteiger partial charge on any atom is 0.234 e. The van der Waals surface area contributed by atoms with Gasteiger partial charge in [0.25, 0.3) is 0 Å². The molecule has 1 saturated carbocycles. The van der Waals surface area contributed by atoms with Crippen molar-refractivity contribution in [2.75, 3.05) is 39.8 Å². The number of amides is 1. The summed E-state index contributed by atoms with van der Waals surface area (Å²) >= 11 is 0. The van der Waals surface area contributed by atoms with E-state index in [4.69, 9.17) is 4.74 Å². The number of piperazine rings is 1. The van der Waals surface area contributed by atoms with E-state index in [1.165, 1.54) is 18.9 Å². The highest BCUT2D eigenvalue weighted by Gasteiger charge is 2.29. The highest BCUT2D eigenvalue weighted by atomic mass is 19.1. The van der Waals surface area contributed by atoms with Gasteiger partial charge < -0.3 is 10.1 Å². The van der Waals surface area contributed by atoms with Crippen molar-refractivity contribution in [1.82, 2.24) is 15.1 Å². The molecule has 1 heterocycles. The van der Waals surface area contributed by atoms with E-state index < -0.39 is 0 Å². The Labute approximate surface area is 168 Å². The molecule has 1 N–H and O–H groups in total. The molecule has 28 heavy (non-hydrogen) atoms. The molecular formula is C22H34FN3O2. The van der Waals surface area contributed by atoms with Gasteiger partial charge in [-0.2, -0.15) is 0 Å². The summed E-state index contributed by atoms with van der Waals surface area (Å²) in [6.45, 7) is 9.11. The van der Waals surface area contributed by atoms with Crippen LogP contribution in [0, 0.1) is 17.7 Å². The van der Waals surface area contributed by atoms with Crippen LogP contribution in [0.2, 0.25) is 0 Å². The SMILES string of the molecule is COc1ccc(F)cc1CN1CCN(CC(=O)N[C@H]2CCC[C@@H](C)[C@H]2C)CC1. The lowest BCUT2D eigenvalue weighted by molar-refractivity contribution is -0.124. The molecule has 5 nitrogen and oxygen atoms in total. The molecule has 6 heteroatoms. The number of carbonyl (C=O) groups excluding carboxylic acids is 1. The maximum absolute atomic E-state index is 13.6. The van der Waals surface area contributed by atoms with Crippen LogP contribution in [0.4, 0.5) is 4.39 Å². The Bertz CT molecular complexity index is 661. The predicted octanol–water partition coefficient (Wildman–Crippen LogP) is 2.89. The maximum atomic E-state index is 13.6. The van der Waals surface area contributed by atoms with Gasteiger partial charge in [0.15, 0.2) is 0 Å². The minimum absolute atomic E-state index is 0.145. The lowest BCUT2D eigenvalue weighted by Crippen LogP contribution is -2.51. The molecule has 1 aromatic carbocycles. The Morgan fingerprint density at radius 1 is 1.18 bits per heavy atom. The quantitative estimate of drug-likeness (QED) is 0.810. The van der Waals surface area contributed by atoms with Crippen molar-refractivity contribution < 1.29 is 13.9 Å². The van der Waals surface area contributed by atoms with Gasteiger partial charge in [0.1, 0.15) is 11.6 Å². The lowest BCUT2D eigenvalue weighted by atomic mass is 9.78. The van der Waals surface area contributed by atoms with Crippen molar-refractivity contribution >= 4 is 5.91 Å². The second-order valence-electron chi connectivity index (χ2n) is 8.45. The second kappa shape index (κ2) is 9.70. The smallest absolute Gasteiger partial charge is 0.234 e. The summed E-state index contributed by atoms with van der Waals surface area (Å²) in [6, 6.07) is 4.97. The summed E-state index contributed by atoms with van der Waals surface area (Å²) in [4.78, 5) is 17.0. The van der Waals surface area contributed by atoms with Crippen LogP contribution in [0.15, 0.2) is 18.2 Å². The van der Waals surface area contributed by atoms with Crippen molar-refractivity contribution in [3.8, 4) is 5.75 Å². The number of hydrogen-bond donors (Lipinski definition) is 1. The molecule has 1 saturated heterocycles. The summed E-state index contributed by atoms with van der Waals surface area (Å²) < 4.78 is 18.9. The molecule has 3 rings (SSSR count). The minimum atomic E-state index is -0.239. The van der Waals surface area contributed by atoms with Gasteiger partial charge in [-0.1, -0.05) is 26.7 Å². The number of carbonyl (C=O) groups is 1. The first kappa shape index (κ1) is 21.1. The summed E-state index contributed by atoms with van der Waals surface area (Å²) in [6.07, 6.45) is 3.57. The van der Waals surface area contributed by atoms with E-state index in [9.17, 15) is 9.18 Å². The van der Waals surface area contributed by atoms with Crippen LogP contribution in [0.25, 0.3) is 0 Å². The van der Waals surface area contributed by atoms with Crippen LogP contribution in [-0.4, -0.2) is 61.6 Å². The molecule has 0 radical (unpaired) electrons. The number of halogens is 1. The zero-order valence-corrected chi connectivity index (χ0v) is 17.4. The fraction of sp³-hybridized carbons (Fsp3) is 0.682. The molecule has 0 bridgehead atoms. The fourth-order valence-corrected chi connectivity index (χ4v) is 4.46. The number of methoxy groups -OCH3 is 1. The molecule has 0 unspecified atom stereocenters. The van der Waals surface area contributed by atoms with Gasteiger partial charge in [-0.15, -0.1) is 0 Å². The lowest BCUT2D eigenvalue weighted by Gasteiger charge is -2.37. The van der Waals surface area contributed by atoms with E-state index in [0.29, 0.717) is 31.0 Å². The average Bonchev–Trinajstić information content (AvgIpc) is 2.67. The summed E-state index contributed by atoms with van der Waals surface area (Å²) in [5.41, 5.74) is 0.870. The van der Waals surface area contributed by atoms with Crippen LogP contribution in [0.5, 0.6) is 5.75 Å². The Morgan fingerprint density at radius 2 is 1.89 bits per heavy atom. The van der Waals surface area contributed by atoms with Crippen molar-refractivity contribution in [2.45, 2.75) is 45.7 Å². The van der Waals surface area contributed by atoms with E-state index in [0.717, 1.165) is 43.9 Å². The van der Waals surface area contributed by atoms with Gasteiger partial charge in [-0.05, 0) is 36.5 Å². The van der Waals surface area contributed by atoms with E-state index in [1.807, 2.05) is 0 Å². The Hall–Kier alpha value is -1.66. The third-order valence-electron chi connectivity index (χ3n) is 6.52. The first-order chi connectivity index (χ1) is 13.5. The highest BCUT2D eigenvalue weighted by molar-refractivity contribution is 5.78. The Kier molecular flexibility index (Phi) is 7.30. The van der Waals surface area contributed by atoms with Crippen LogP contribution in [0.3, 0.4) is 0 Å². The van der Waals surface area contributed by atoms with Gasteiger partial charge in [0.2, 0.25) is 5.91 Å². The second-order valence-corrected chi connectivity index (χ2v) is 8.45. The topological polar surface area (TPSA) is 44.8 Å². The van der Waals surface area contributed by atoms with Crippen molar-refractivity contribution in [2.24, 2.45) is 11.8 Å². The number of hydrogen-bond acceptors (Lipinski definition) is 4. The Balaban J connectivity index is 1.44. The van der Waals surface area contributed by atoms with Gasteiger partial charge in [-0.3, -0.25) is 14.6 Å². The number of nitrogens with zero attached hydrogens (tertiary/aromatic N) is 2. The molecular weight excluding hydrogens is 357 g/mol. The number of ether oxygens (including phenoxy) is 1. The van der Waals surface area contributed by atoms with E-state index in [1.54, 1.807) is 19.2 Å². The van der Waals surface area contributed by atoms with E-state index in [-0.39, 0.29) is 11.7 Å². The number of benzene rings is 1. The molecule has 1 aliphatic carbocycles. The minimum Gasteiger partial charge on any atom is -0.496 e. The normalized spacial score (nSPS) is 26.8. The summed E-state index contributed by atoms with van der Waals surface area (Å²) in [5, 5.41) is 3.27. The predicted molar refractivity (Wildman–Crippen MR) is 109 cm³/mol. The molecule has 3 atom stereocenters. The highest BCUT2D eigenvalue weighted by Crippen LogP contribution is 2.29. The van der Waals surface area contributed by atoms with Gasteiger partial charge in [0.05, 0.1) is 13.7 Å². The molecule has 2 aliphatic rings. The summed E-state index contributed by atoms with van der Waals surface area (Å²) in [5.74, 6) is 1.86. The molecule has 0 aromatic heterocycles. The van der Waals surface area contributed by atoms with Crippen LogP contribution >= 0.6 is 0 Å². The molecule has 2 fully saturated rings. The fourth-order valence-electron chi connectivity index (χ4n) is 4.46. The molecule has 1 amide bonds. The Morgan fingerprint density at radius 3 is 2.61 bits per heavy atom. The number of nitrogens with one attached hydrogen (secondary N) is 1. The van der Waals surface area contributed by atoms with E-state index >= 15 is 0 Å². The van der Waals surface area contributed by atoms with Crippen molar-refractivity contribution in [1.29, 1.82) is 0 Å². The van der Waals surface area contributed by atoms with Crippen molar-refractivity contribution in [3.05, 3.63) is 29.6 Å². The van der Waals surface area contributed by atoms with Crippen LogP contribution in [-0.2, 0) is 11.3 Å². The molecule has 0 spiro atoms. The molecule has 156 valence electrons. The first-order valence-electron chi connectivity index (χ1n) is 10.5. The third-order valence-corrected chi connectivity index (χ3v) is 6.52. The average molecular weight is 392 g/mol. The zero-order valence-electron chi connectivity index (χ0n) is 17.4. The van der Waals surface area contributed by atoms with Gasteiger partial charge in [-0.25, -0.2) is 4.39 Å². The third kappa shape index (κ3) is 5.45. The largest absolute Gasteiger partial charge is 0.496 e. The van der Waals surface area contributed by atoms with Gasteiger partial charge in [0, 0.05) is 44.3 Å². The standard InChI is InChI=1S/C22H34FN3O2/c1-16-5-4-6-20(17(16)2)24-22(27)15-26-11-9-25(10-12-26)14-18-13-19(23)7-8-21(18)28-3/h7-8,13,16-17,20H,4-6,9-12,14-15H2,1-3H3,(H,24,27)/t16-,17-,20+/m1/s1. The van der Waals surface area contributed by atoms with Gasteiger partial charge >= 0.3 is 0 Å². The summed E-state index contributed by atoms with van der Waals surface area (Å²) in [7, 11) is 1.61. The monoisotopic (exact) mass is 391 g/mol. The zero-order chi connectivity index (χ0) is 20.1.